The fraction of sp³-hybridized carbons (Fsp3) is 0.444. The van der Waals surface area contributed by atoms with Crippen LogP contribution in [0.25, 0.3) is 0 Å². The Bertz CT molecular complexity index is 617. The number of aliphatic hydroxyl groups is 1. The first-order valence-electron chi connectivity index (χ1n) is 6.25. The number of aromatic nitrogens is 2. The van der Waals surface area contributed by atoms with Crippen molar-refractivity contribution in [2.45, 2.75) is 11.6 Å². The average Bonchev–Trinajstić information content (AvgIpc) is 2.98. The lowest BCUT2D eigenvalue weighted by Crippen LogP contribution is -2.33. The largest absolute Gasteiger partial charge is 0.480 e. The minimum Gasteiger partial charge on any atom is -0.480 e. The normalized spacial score (nSPS) is 11.5. The van der Waals surface area contributed by atoms with Gasteiger partial charge in [0, 0.05) is 12.4 Å². The van der Waals surface area contributed by atoms with Crippen LogP contribution in [0.1, 0.15) is 0 Å². The van der Waals surface area contributed by atoms with Crippen molar-refractivity contribution >= 4 is 27.1 Å². The summed E-state index contributed by atoms with van der Waals surface area (Å²) in [6, 6.07) is 0. The van der Waals surface area contributed by atoms with Gasteiger partial charge in [-0.15, -0.1) is 0 Å². The molecule has 1 rings (SSSR count). The van der Waals surface area contributed by atoms with Crippen molar-refractivity contribution in [1.29, 1.82) is 0 Å². The molecular formula is C9H20N4O11P2. The molecule has 1 aromatic heterocycles. The van der Waals surface area contributed by atoms with E-state index < -0.39 is 38.8 Å². The molecule has 0 saturated carbocycles. The maximum Gasteiger partial charge on any atom is 0.371 e. The predicted octanol–water partition coefficient (Wildman–Crippen LogP) is -3.06. The van der Waals surface area contributed by atoms with Crippen LogP contribution in [-0.4, -0.2) is 74.6 Å². The molecule has 0 atom stereocenters. The summed E-state index contributed by atoms with van der Waals surface area (Å²) < 4.78 is 22.8. The third kappa shape index (κ3) is 9.72. The average molecular weight is 422 g/mol. The van der Waals surface area contributed by atoms with Gasteiger partial charge in [0.15, 0.2) is 0 Å². The number of carboxylic acid groups (broad SMARTS) is 2. The third-order valence-corrected chi connectivity index (χ3v) is 5.95. The lowest BCUT2D eigenvalue weighted by atomic mass is 10.6. The Morgan fingerprint density at radius 1 is 1.00 bits per heavy atom. The fourth-order valence-corrected chi connectivity index (χ4v) is 3.03. The van der Waals surface area contributed by atoms with Gasteiger partial charge in [0.2, 0.25) is 0 Å². The number of nitrogens with zero attached hydrogens (tertiary/aromatic N) is 2. The van der Waals surface area contributed by atoms with E-state index in [2.05, 4.69) is 16.5 Å². The molecule has 152 valence electrons. The molecule has 0 radical (unpaired) electrons. The topological polar surface area (TPSA) is 280 Å². The predicted molar refractivity (Wildman–Crippen MR) is 84.6 cm³/mol. The molecule has 0 aromatic carbocycles. The van der Waals surface area contributed by atoms with Gasteiger partial charge in [0.05, 0.1) is 26.0 Å². The maximum atomic E-state index is 10.9. The van der Waals surface area contributed by atoms with Crippen LogP contribution in [0.5, 0.6) is 0 Å². The number of hydrogen-bond donors (Lipinski definition) is 9. The van der Waals surface area contributed by atoms with Gasteiger partial charge in [-0.2, -0.15) is 0 Å². The Labute approximate surface area is 146 Å². The smallest absolute Gasteiger partial charge is 0.371 e. The van der Waals surface area contributed by atoms with Gasteiger partial charge >= 0.3 is 27.1 Å². The molecule has 0 saturated heterocycles. The second-order valence-electron chi connectivity index (χ2n) is 4.29. The van der Waals surface area contributed by atoms with Crippen LogP contribution in [0, 0.1) is 0 Å². The van der Waals surface area contributed by atoms with Crippen molar-refractivity contribution in [2.24, 2.45) is 11.5 Å². The Balaban J connectivity index is 0. The molecule has 0 fully saturated rings. The molecule has 1 aromatic rings. The van der Waals surface area contributed by atoms with E-state index in [4.69, 9.17) is 29.8 Å². The van der Waals surface area contributed by atoms with Crippen LogP contribution in [0.2, 0.25) is 0 Å². The monoisotopic (exact) mass is 422 g/mol. The molecule has 0 aliphatic rings. The van der Waals surface area contributed by atoms with Crippen LogP contribution in [0.3, 0.4) is 0 Å². The molecule has 0 unspecified atom stereocenters. The van der Waals surface area contributed by atoms with Crippen LogP contribution < -0.4 is 11.5 Å². The minimum absolute atomic E-state index is 0.278. The molecule has 26 heavy (non-hydrogen) atoms. The molecule has 0 bridgehead atoms. The van der Waals surface area contributed by atoms with E-state index in [0.29, 0.717) is 0 Å². The first kappa shape index (κ1) is 26.6. The SMILES string of the molecule is NCC(=O)O.NCC(=O)O.O=P(O)(O)C(O)(Cn1ccnc1)P(=O)(O)O. The molecule has 1 heterocycles. The number of rotatable bonds is 6. The number of carboxylic acids is 2. The Morgan fingerprint density at radius 2 is 1.35 bits per heavy atom. The first-order chi connectivity index (χ1) is 11.6. The quantitative estimate of drug-likeness (QED) is 0.206. The second kappa shape index (κ2) is 11.1. The zero-order valence-electron chi connectivity index (χ0n) is 13.1. The van der Waals surface area contributed by atoms with Crippen molar-refractivity contribution in [1.82, 2.24) is 9.55 Å². The molecule has 0 amide bonds. The van der Waals surface area contributed by atoms with Crippen molar-refractivity contribution < 1.29 is 53.6 Å². The van der Waals surface area contributed by atoms with Crippen molar-refractivity contribution in [3.63, 3.8) is 0 Å². The van der Waals surface area contributed by atoms with Crippen LogP contribution >= 0.6 is 15.2 Å². The summed E-state index contributed by atoms with van der Waals surface area (Å²) in [6.07, 6.45) is 3.51. The van der Waals surface area contributed by atoms with Gasteiger partial charge in [-0.1, -0.05) is 0 Å². The van der Waals surface area contributed by atoms with Crippen molar-refractivity contribution in [2.75, 3.05) is 13.1 Å². The lowest BCUT2D eigenvalue weighted by Gasteiger charge is -2.29. The van der Waals surface area contributed by atoms with E-state index in [1.807, 2.05) is 0 Å². The lowest BCUT2D eigenvalue weighted by molar-refractivity contribution is -0.136. The van der Waals surface area contributed by atoms with Gasteiger partial charge < -0.3 is 50.9 Å². The molecule has 0 aliphatic heterocycles. The summed E-state index contributed by atoms with van der Waals surface area (Å²) in [5, 5.41) is 21.2. The number of imidazole rings is 1. The van der Waals surface area contributed by atoms with E-state index in [0.717, 1.165) is 10.9 Å². The summed E-state index contributed by atoms with van der Waals surface area (Å²) in [4.78, 5) is 57.2. The Kier molecular flexibility index (Phi) is 11.4. The van der Waals surface area contributed by atoms with E-state index in [1.165, 1.54) is 12.4 Å². The van der Waals surface area contributed by atoms with Crippen molar-refractivity contribution in [3.8, 4) is 0 Å². The highest BCUT2D eigenvalue weighted by Crippen LogP contribution is 2.67. The Hall–Kier alpha value is -1.67. The molecule has 0 aliphatic carbocycles. The highest BCUT2D eigenvalue weighted by Gasteiger charge is 2.59. The Morgan fingerprint density at radius 3 is 1.54 bits per heavy atom. The van der Waals surface area contributed by atoms with Gasteiger partial charge in [-0.25, -0.2) is 4.98 Å². The van der Waals surface area contributed by atoms with Gasteiger partial charge in [-0.05, 0) is 0 Å². The van der Waals surface area contributed by atoms with E-state index in [1.54, 1.807) is 0 Å². The summed E-state index contributed by atoms with van der Waals surface area (Å²) >= 11 is 0. The number of hydrogen-bond acceptors (Lipinski definition) is 8. The van der Waals surface area contributed by atoms with Gasteiger partial charge in [0.25, 0.3) is 5.08 Å². The van der Waals surface area contributed by atoms with Crippen molar-refractivity contribution in [3.05, 3.63) is 18.7 Å². The van der Waals surface area contributed by atoms with Crippen LogP contribution in [0.4, 0.5) is 0 Å². The summed E-state index contributed by atoms with van der Waals surface area (Å²) in [6.45, 7) is -1.51. The highest BCUT2D eigenvalue weighted by atomic mass is 31.2. The van der Waals surface area contributed by atoms with E-state index in [-0.39, 0.29) is 13.1 Å². The zero-order chi connectivity index (χ0) is 21.2. The summed E-state index contributed by atoms with van der Waals surface area (Å²) in [5.74, 6) is -1.94. The molecular weight excluding hydrogens is 402 g/mol. The second-order valence-corrected chi connectivity index (χ2v) is 8.30. The zero-order valence-corrected chi connectivity index (χ0v) is 14.8. The number of carbonyl (C=O) groups is 2. The minimum atomic E-state index is -5.41. The van der Waals surface area contributed by atoms with E-state index in [9.17, 15) is 23.8 Å². The molecule has 11 N–H and O–H groups in total. The van der Waals surface area contributed by atoms with Crippen LogP contribution in [0.15, 0.2) is 18.7 Å². The molecule has 17 heteroatoms. The maximum absolute atomic E-state index is 10.9. The highest BCUT2D eigenvalue weighted by molar-refractivity contribution is 7.72. The summed E-state index contributed by atoms with van der Waals surface area (Å²) in [7, 11) is -10.8. The third-order valence-electron chi connectivity index (χ3n) is 2.24. The standard InChI is InChI=1S/C5H10N2O7P2.2C2H5NO2/c8-5(15(9,10)11,16(12,13)14)3-7-2-1-6-4-7;2*3-1-2(4)5/h1-2,4,8H,3H2,(H2,9,10,11)(H2,12,13,14);2*1,3H2,(H,4,5). The fourth-order valence-electron chi connectivity index (χ4n) is 0.979. The molecule has 15 nitrogen and oxygen atoms in total. The first-order valence-corrected chi connectivity index (χ1v) is 9.48. The van der Waals surface area contributed by atoms with Gasteiger partial charge in [0.1, 0.15) is 0 Å². The number of nitrogens with two attached hydrogens (primary N) is 2. The number of aliphatic carboxylic acids is 2. The summed E-state index contributed by atoms with van der Waals surface area (Å²) in [5.41, 5.74) is 9.14. The van der Waals surface area contributed by atoms with Gasteiger partial charge in [-0.3, -0.25) is 18.7 Å². The molecule has 0 spiro atoms. The van der Waals surface area contributed by atoms with E-state index >= 15 is 0 Å². The van der Waals surface area contributed by atoms with Crippen LogP contribution in [-0.2, 0) is 25.3 Å².